The van der Waals surface area contributed by atoms with Crippen molar-refractivity contribution in [1.29, 1.82) is 0 Å². The summed E-state index contributed by atoms with van der Waals surface area (Å²) in [5.41, 5.74) is 3.69. The topological polar surface area (TPSA) is 64.6 Å². The monoisotopic (exact) mass is 431 g/mol. The number of para-hydroxylation sites is 1. The van der Waals surface area contributed by atoms with Crippen LogP contribution in [0.15, 0.2) is 72.8 Å². The molecule has 0 aliphatic carbocycles. The predicted octanol–water partition coefficient (Wildman–Crippen LogP) is 5.04. The van der Waals surface area contributed by atoms with Crippen LogP contribution in [0.5, 0.6) is 11.5 Å². The standard InChI is InChI=1S/C27H29NO4/c1-20-21(2)25(31-19-17-22-10-5-3-6-11-22)16-15-24(20)27(30)28-18-9-14-26(29)32-23-12-7-4-8-13-23/h3-8,10-13,15-16H,9,14,17-19H2,1-2H3,(H,28,30). The van der Waals surface area contributed by atoms with Gasteiger partial charge in [-0.3, -0.25) is 9.59 Å². The smallest absolute Gasteiger partial charge is 0.311 e. The fraction of sp³-hybridized carbons (Fsp3) is 0.259. The van der Waals surface area contributed by atoms with Crippen molar-refractivity contribution in [2.75, 3.05) is 13.2 Å². The van der Waals surface area contributed by atoms with Crippen molar-refractivity contribution in [2.45, 2.75) is 33.1 Å². The van der Waals surface area contributed by atoms with Gasteiger partial charge in [0.2, 0.25) is 0 Å². The van der Waals surface area contributed by atoms with Crippen LogP contribution in [-0.4, -0.2) is 25.0 Å². The van der Waals surface area contributed by atoms with Crippen LogP contribution in [-0.2, 0) is 11.2 Å². The number of nitrogens with one attached hydrogen (secondary N) is 1. The van der Waals surface area contributed by atoms with Gasteiger partial charge in [0.25, 0.3) is 5.91 Å². The number of esters is 1. The summed E-state index contributed by atoms with van der Waals surface area (Å²) in [4.78, 5) is 24.5. The van der Waals surface area contributed by atoms with E-state index in [9.17, 15) is 9.59 Å². The van der Waals surface area contributed by atoms with Gasteiger partial charge < -0.3 is 14.8 Å². The maximum absolute atomic E-state index is 12.6. The lowest BCUT2D eigenvalue weighted by Gasteiger charge is -2.14. The molecule has 0 unspecified atom stereocenters. The van der Waals surface area contributed by atoms with Crippen molar-refractivity contribution in [3.8, 4) is 11.5 Å². The Balaban J connectivity index is 1.44. The molecule has 0 saturated heterocycles. The molecule has 3 aromatic carbocycles. The third-order valence-electron chi connectivity index (χ3n) is 5.29. The van der Waals surface area contributed by atoms with Crippen molar-refractivity contribution in [3.05, 3.63) is 95.1 Å². The van der Waals surface area contributed by atoms with Gasteiger partial charge in [0.15, 0.2) is 0 Å². The number of carbonyl (C=O) groups excluding carboxylic acids is 2. The molecule has 0 aliphatic heterocycles. The maximum Gasteiger partial charge on any atom is 0.311 e. The minimum Gasteiger partial charge on any atom is -0.493 e. The minimum absolute atomic E-state index is 0.155. The van der Waals surface area contributed by atoms with Crippen LogP contribution in [0.3, 0.4) is 0 Å². The van der Waals surface area contributed by atoms with Gasteiger partial charge in [0.05, 0.1) is 6.61 Å². The summed E-state index contributed by atoms with van der Waals surface area (Å²) in [6.45, 7) is 4.86. The Morgan fingerprint density at radius 2 is 1.53 bits per heavy atom. The van der Waals surface area contributed by atoms with Crippen molar-refractivity contribution in [3.63, 3.8) is 0 Å². The molecule has 0 spiro atoms. The van der Waals surface area contributed by atoms with Gasteiger partial charge in [-0.1, -0.05) is 48.5 Å². The second-order valence-corrected chi connectivity index (χ2v) is 7.59. The molecule has 0 saturated carbocycles. The van der Waals surface area contributed by atoms with Crippen LogP contribution in [0.2, 0.25) is 0 Å². The molecular weight excluding hydrogens is 402 g/mol. The molecule has 1 N–H and O–H groups in total. The number of hydrogen-bond acceptors (Lipinski definition) is 4. The Labute approximate surface area is 189 Å². The lowest BCUT2D eigenvalue weighted by molar-refractivity contribution is -0.134. The average molecular weight is 432 g/mol. The van der Waals surface area contributed by atoms with Crippen LogP contribution in [0.1, 0.15) is 39.9 Å². The third-order valence-corrected chi connectivity index (χ3v) is 5.29. The molecular formula is C27H29NO4. The molecule has 0 bridgehead atoms. The van der Waals surface area contributed by atoms with E-state index in [1.54, 1.807) is 18.2 Å². The summed E-state index contributed by atoms with van der Waals surface area (Å²) < 4.78 is 11.2. The number of amides is 1. The highest BCUT2D eigenvalue weighted by molar-refractivity contribution is 5.96. The van der Waals surface area contributed by atoms with E-state index in [0.29, 0.717) is 30.9 Å². The van der Waals surface area contributed by atoms with Crippen LogP contribution >= 0.6 is 0 Å². The number of rotatable bonds is 10. The van der Waals surface area contributed by atoms with Crippen molar-refractivity contribution < 1.29 is 19.1 Å². The van der Waals surface area contributed by atoms with Gasteiger partial charge in [-0.05, 0) is 61.2 Å². The zero-order valence-electron chi connectivity index (χ0n) is 18.6. The normalized spacial score (nSPS) is 10.4. The van der Waals surface area contributed by atoms with Gasteiger partial charge in [-0.25, -0.2) is 0 Å². The summed E-state index contributed by atoms with van der Waals surface area (Å²) in [5.74, 6) is 0.852. The molecule has 0 fully saturated rings. The fourth-order valence-electron chi connectivity index (χ4n) is 3.32. The Hall–Kier alpha value is -3.60. The largest absolute Gasteiger partial charge is 0.493 e. The van der Waals surface area contributed by atoms with Crippen LogP contribution in [0.4, 0.5) is 0 Å². The van der Waals surface area contributed by atoms with Gasteiger partial charge in [0.1, 0.15) is 11.5 Å². The number of hydrogen-bond donors (Lipinski definition) is 1. The van der Waals surface area contributed by atoms with Crippen LogP contribution in [0.25, 0.3) is 0 Å². The Morgan fingerprint density at radius 1 is 0.844 bits per heavy atom. The first-order valence-electron chi connectivity index (χ1n) is 10.9. The van der Waals surface area contributed by atoms with Crippen LogP contribution < -0.4 is 14.8 Å². The Kier molecular flexibility index (Phi) is 8.44. The van der Waals surface area contributed by atoms with Gasteiger partial charge in [-0.2, -0.15) is 0 Å². The predicted molar refractivity (Wildman–Crippen MR) is 125 cm³/mol. The molecule has 0 aromatic heterocycles. The first-order chi connectivity index (χ1) is 15.5. The molecule has 5 heteroatoms. The van der Waals surface area contributed by atoms with E-state index < -0.39 is 0 Å². The summed E-state index contributed by atoms with van der Waals surface area (Å²) in [6, 6.07) is 22.8. The molecule has 0 radical (unpaired) electrons. The van der Waals surface area contributed by atoms with Crippen molar-refractivity contribution in [2.24, 2.45) is 0 Å². The third kappa shape index (κ3) is 6.71. The SMILES string of the molecule is Cc1c(OCCc2ccccc2)ccc(C(=O)NCCCC(=O)Oc2ccccc2)c1C. The minimum atomic E-state index is -0.311. The van der Waals surface area contributed by atoms with E-state index >= 15 is 0 Å². The molecule has 0 atom stereocenters. The zero-order valence-corrected chi connectivity index (χ0v) is 18.6. The van der Waals surface area contributed by atoms with Gasteiger partial charge in [-0.15, -0.1) is 0 Å². The fourth-order valence-corrected chi connectivity index (χ4v) is 3.32. The summed E-state index contributed by atoms with van der Waals surface area (Å²) >= 11 is 0. The first-order valence-corrected chi connectivity index (χ1v) is 10.9. The second-order valence-electron chi connectivity index (χ2n) is 7.59. The average Bonchev–Trinajstić information content (AvgIpc) is 2.81. The zero-order chi connectivity index (χ0) is 22.8. The summed E-state index contributed by atoms with van der Waals surface area (Å²) in [5, 5.41) is 2.88. The maximum atomic E-state index is 12.6. The molecule has 3 rings (SSSR count). The Morgan fingerprint density at radius 3 is 2.25 bits per heavy atom. The highest BCUT2D eigenvalue weighted by Crippen LogP contribution is 2.24. The summed E-state index contributed by atoms with van der Waals surface area (Å²) in [6.07, 6.45) is 1.58. The summed E-state index contributed by atoms with van der Waals surface area (Å²) in [7, 11) is 0. The molecule has 166 valence electrons. The number of benzene rings is 3. The number of ether oxygens (including phenoxy) is 2. The van der Waals surface area contributed by atoms with Gasteiger partial charge in [0, 0.05) is 24.9 Å². The lowest BCUT2D eigenvalue weighted by Crippen LogP contribution is -2.26. The first kappa shape index (κ1) is 23.1. The number of carbonyl (C=O) groups is 2. The van der Waals surface area contributed by atoms with E-state index in [1.165, 1.54) is 5.56 Å². The van der Waals surface area contributed by atoms with Crippen molar-refractivity contribution in [1.82, 2.24) is 5.32 Å². The second kappa shape index (κ2) is 11.7. The Bertz CT molecular complexity index is 1030. The molecule has 5 nitrogen and oxygen atoms in total. The molecule has 1 amide bonds. The van der Waals surface area contributed by atoms with E-state index in [4.69, 9.17) is 9.47 Å². The van der Waals surface area contributed by atoms with Crippen LogP contribution in [0, 0.1) is 13.8 Å². The van der Waals surface area contributed by atoms with E-state index in [2.05, 4.69) is 17.4 Å². The van der Waals surface area contributed by atoms with E-state index in [-0.39, 0.29) is 18.3 Å². The highest BCUT2D eigenvalue weighted by atomic mass is 16.5. The molecule has 32 heavy (non-hydrogen) atoms. The quantitative estimate of drug-likeness (QED) is 0.277. The van der Waals surface area contributed by atoms with E-state index in [0.717, 1.165) is 23.3 Å². The van der Waals surface area contributed by atoms with E-state index in [1.807, 2.05) is 56.3 Å². The highest BCUT2D eigenvalue weighted by Gasteiger charge is 2.14. The molecule has 3 aromatic rings. The molecule has 0 heterocycles. The lowest BCUT2D eigenvalue weighted by atomic mass is 10.0. The van der Waals surface area contributed by atoms with Crippen molar-refractivity contribution >= 4 is 11.9 Å². The molecule has 0 aliphatic rings. The van der Waals surface area contributed by atoms with Gasteiger partial charge >= 0.3 is 5.97 Å².